The van der Waals surface area contributed by atoms with Crippen LogP contribution in [0.15, 0.2) is 27.9 Å². The molecule has 0 atom stereocenters. The predicted molar refractivity (Wildman–Crippen MR) is 113 cm³/mol. The zero-order chi connectivity index (χ0) is 21.7. The van der Waals surface area contributed by atoms with Gasteiger partial charge in [0, 0.05) is 17.3 Å². The SMILES string of the molecule is Cc1cc2c(c(NC(=O)NS(=O)(=O)c3cc(C(C)(C)O)co3)c1CC1CC1)CCC2. The van der Waals surface area contributed by atoms with Crippen LogP contribution in [0, 0.1) is 12.8 Å². The van der Waals surface area contributed by atoms with Gasteiger partial charge >= 0.3 is 6.03 Å². The topological polar surface area (TPSA) is 109 Å². The number of sulfonamides is 1. The van der Waals surface area contributed by atoms with Crippen LogP contribution in [0.3, 0.4) is 0 Å². The highest BCUT2D eigenvalue weighted by Gasteiger charge is 2.29. The van der Waals surface area contributed by atoms with Gasteiger partial charge < -0.3 is 14.8 Å². The Labute approximate surface area is 176 Å². The number of anilines is 1. The van der Waals surface area contributed by atoms with Crippen molar-refractivity contribution in [1.82, 2.24) is 4.72 Å². The minimum atomic E-state index is -4.21. The molecule has 3 N–H and O–H groups in total. The van der Waals surface area contributed by atoms with Gasteiger partial charge in [0.05, 0.1) is 11.9 Å². The second-order valence-corrected chi connectivity index (χ2v) is 10.6. The van der Waals surface area contributed by atoms with Crippen molar-refractivity contribution in [3.63, 3.8) is 0 Å². The molecule has 0 spiro atoms. The van der Waals surface area contributed by atoms with Gasteiger partial charge in [-0.25, -0.2) is 9.52 Å². The Morgan fingerprint density at radius 3 is 2.63 bits per heavy atom. The Kier molecular flexibility index (Phi) is 5.18. The van der Waals surface area contributed by atoms with Crippen molar-refractivity contribution in [2.24, 2.45) is 5.92 Å². The van der Waals surface area contributed by atoms with Crippen molar-refractivity contribution in [3.05, 3.63) is 46.2 Å². The van der Waals surface area contributed by atoms with Gasteiger partial charge in [0.1, 0.15) is 0 Å². The summed E-state index contributed by atoms with van der Waals surface area (Å²) in [6.45, 7) is 5.10. The third-order valence-electron chi connectivity index (χ3n) is 5.93. The second kappa shape index (κ2) is 7.42. The number of rotatable bonds is 6. The molecule has 162 valence electrons. The Balaban J connectivity index is 1.57. The number of nitrogens with one attached hydrogen (secondary N) is 2. The largest absolute Gasteiger partial charge is 0.451 e. The van der Waals surface area contributed by atoms with E-state index in [1.807, 2.05) is 4.72 Å². The minimum Gasteiger partial charge on any atom is -0.451 e. The minimum absolute atomic E-state index is 0.312. The molecule has 2 aliphatic rings. The molecule has 1 aromatic carbocycles. The molecular weight excluding hydrogens is 404 g/mol. The van der Waals surface area contributed by atoms with E-state index in [4.69, 9.17) is 4.42 Å². The molecule has 30 heavy (non-hydrogen) atoms. The highest BCUT2D eigenvalue weighted by Crippen LogP contribution is 2.40. The molecular formula is C22H28N2O5S. The van der Waals surface area contributed by atoms with Crippen molar-refractivity contribution in [1.29, 1.82) is 0 Å². The quantitative estimate of drug-likeness (QED) is 0.644. The summed E-state index contributed by atoms with van der Waals surface area (Å²) in [5.74, 6) is 0.638. The summed E-state index contributed by atoms with van der Waals surface area (Å²) in [6, 6.07) is 2.62. The maximum Gasteiger partial charge on any atom is 0.333 e. The van der Waals surface area contributed by atoms with Crippen LogP contribution in [0.4, 0.5) is 10.5 Å². The summed E-state index contributed by atoms with van der Waals surface area (Å²) in [6.07, 6.45) is 7.34. The zero-order valence-corrected chi connectivity index (χ0v) is 18.4. The molecule has 0 radical (unpaired) electrons. The van der Waals surface area contributed by atoms with Crippen molar-refractivity contribution in [2.75, 3.05) is 5.32 Å². The Hall–Kier alpha value is -2.32. The number of furan rings is 1. The smallest absolute Gasteiger partial charge is 0.333 e. The number of aryl methyl sites for hydroxylation is 2. The number of aliphatic hydroxyl groups is 1. The number of carbonyl (C=O) groups excluding carboxylic acids is 1. The maximum absolute atomic E-state index is 12.7. The third kappa shape index (κ3) is 4.25. The third-order valence-corrected chi connectivity index (χ3v) is 7.13. The molecule has 7 nitrogen and oxygen atoms in total. The Morgan fingerprint density at radius 2 is 2.00 bits per heavy atom. The van der Waals surface area contributed by atoms with Gasteiger partial charge in [-0.1, -0.05) is 6.07 Å². The summed E-state index contributed by atoms with van der Waals surface area (Å²) in [7, 11) is -4.21. The van der Waals surface area contributed by atoms with E-state index in [-0.39, 0.29) is 0 Å². The highest BCUT2D eigenvalue weighted by molar-refractivity contribution is 7.89. The fraction of sp³-hybridized carbons (Fsp3) is 0.500. The summed E-state index contributed by atoms with van der Waals surface area (Å²) < 4.78 is 32.3. The van der Waals surface area contributed by atoms with E-state index in [1.165, 1.54) is 44.6 Å². The fourth-order valence-corrected chi connectivity index (χ4v) is 4.91. The van der Waals surface area contributed by atoms with Gasteiger partial charge in [-0.05, 0) is 87.5 Å². The van der Waals surface area contributed by atoms with E-state index in [0.717, 1.165) is 48.1 Å². The number of fused-ring (bicyclic) bond motifs is 1. The lowest BCUT2D eigenvalue weighted by Crippen LogP contribution is -2.35. The Morgan fingerprint density at radius 1 is 1.27 bits per heavy atom. The van der Waals surface area contributed by atoms with Crippen molar-refractivity contribution in [2.45, 2.75) is 70.0 Å². The first-order valence-corrected chi connectivity index (χ1v) is 11.8. The molecule has 2 aromatic rings. The molecule has 4 rings (SSSR count). The molecule has 1 aromatic heterocycles. The average molecular weight is 433 g/mol. The van der Waals surface area contributed by atoms with Crippen molar-refractivity contribution in [3.8, 4) is 0 Å². The van der Waals surface area contributed by atoms with E-state index in [9.17, 15) is 18.3 Å². The lowest BCUT2D eigenvalue weighted by Gasteiger charge is -2.19. The van der Waals surface area contributed by atoms with E-state index in [1.54, 1.807) is 0 Å². The van der Waals surface area contributed by atoms with E-state index < -0.39 is 26.7 Å². The van der Waals surface area contributed by atoms with Crippen LogP contribution < -0.4 is 10.0 Å². The van der Waals surface area contributed by atoms with E-state index in [0.29, 0.717) is 11.5 Å². The average Bonchev–Trinajstić information content (AvgIpc) is 3.10. The first-order valence-electron chi connectivity index (χ1n) is 10.3. The number of hydrogen-bond acceptors (Lipinski definition) is 5. The molecule has 0 aliphatic heterocycles. The lowest BCUT2D eigenvalue weighted by atomic mass is 9.94. The molecule has 0 unspecified atom stereocenters. The molecule has 1 saturated carbocycles. The lowest BCUT2D eigenvalue weighted by molar-refractivity contribution is 0.0779. The molecule has 1 heterocycles. The van der Waals surface area contributed by atoms with Gasteiger partial charge in [0.15, 0.2) is 0 Å². The van der Waals surface area contributed by atoms with Crippen LogP contribution in [0.1, 0.15) is 60.9 Å². The Bertz CT molecular complexity index is 1090. The van der Waals surface area contributed by atoms with E-state index >= 15 is 0 Å². The maximum atomic E-state index is 12.7. The highest BCUT2D eigenvalue weighted by atomic mass is 32.2. The van der Waals surface area contributed by atoms with Crippen molar-refractivity contribution >= 4 is 21.7 Å². The normalized spacial score (nSPS) is 16.4. The molecule has 0 bridgehead atoms. The zero-order valence-electron chi connectivity index (χ0n) is 17.5. The first-order chi connectivity index (χ1) is 14.0. The van der Waals surface area contributed by atoms with Crippen LogP contribution in [-0.4, -0.2) is 19.6 Å². The first kappa shape index (κ1) is 20.9. The summed E-state index contributed by atoms with van der Waals surface area (Å²) >= 11 is 0. The van der Waals surface area contributed by atoms with Crippen LogP contribution >= 0.6 is 0 Å². The standard InChI is InChI=1S/C22H28N2O5S/c1-13-9-15-5-4-6-17(15)20(18(13)10-14-7-8-14)23-21(25)24-30(27,28)19-11-16(12-29-19)22(2,3)26/h9,11-12,14,26H,4-8,10H2,1-3H3,(H2,23,24,25). The van der Waals surface area contributed by atoms with E-state index in [2.05, 4.69) is 18.3 Å². The van der Waals surface area contributed by atoms with Gasteiger partial charge in [-0.3, -0.25) is 0 Å². The summed E-state index contributed by atoms with van der Waals surface area (Å²) in [5, 5.41) is 12.4. The van der Waals surface area contributed by atoms with Gasteiger partial charge in [-0.2, -0.15) is 8.42 Å². The number of benzene rings is 1. The molecule has 2 aliphatic carbocycles. The van der Waals surface area contributed by atoms with Gasteiger partial charge in [0.2, 0.25) is 5.09 Å². The molecule has 1 fully saturated rings. The predicted octanol–water partition coefficient (Wildman–Crippen LogP) is 3.77. The van der Waals surface area contributed by atoms with Gasteiger partial charge in [-0.15, -0.1) is 0 Å². The molecule has 8 heteroatoms. The van der Waals surface area contributed by atoms with Gasteiger partial charge in [0.25, 0.3) is 10.0 Å². The fourth-order valence-electron chi connectivity index (χ4n) is 4.05. The molecule has 2 amide bonds. The number of urea groups is 1. The number of amides is 2. The van der Waals surface area contributed by atoms with Crippen LogP contribution in [0.5, 0.6) is 0 Å². The molecule has 0 saturated heterocycles. The number of carbonyl (C=O) groups is 1. The van der Waals surface area contributed by atoms with Crippen LogP contribution in [-0.2, 0) is 34.9 Å². The van der Waals surface area contributed by atoms with Crippen molar-refractivity contribution < 1.29 is 22.7 Å². The number of hydrogen-bond donors (Lipinski definition) is 3. The summed E-state index contributed by atoms with van der Waals surface area (Å²) in [4.78, 5) is 12.7. The summed E-state index contributed by atoms with van der Waals surface area (Å²) in [5.41, 5.74) is 4.41. The van der Waals surface area contributed by atoms with Crippen LogP contribution in [0.25, 0.3) is 0 Å². The second-order valence-electron chi connectivity index (χ2n) is 8.96. The van der Waals surface area contributed by atoms with Crippen LogP contribution in [0.2, 0.25) is 0 Å². The monoisotopic (exact) mass is 432 g/mol.